The van der Waals surface area contributed by atoms with Gasteiger partial charge in [-0.3, -0.25) is 9.69 Å². The highest BCUT2D eigenvalue weighted by Crippen LogP contribution is 2.35. The zero-order chi connectivity index (χ0) is 17.4. The molecule has 4 nitrogen and oxygen atoms in total. The maximum Gasteiger partial charge on any atom is 0.266 e. The molecule has 1 saturated heterocycles. The van der Waals surface area contributed by atoms with Crippen LogP contribution in [0.5, 0.6) is 0 Å². The Morgan fingerprint density at radius 3 is 2.58 bits per heavy atom. The molecule has 124 valence electrons. The van der Waals surface area contributed by atoms with Crippen LogP contribution in [-0.4, -0.2) is 23.0 Å². The summed E-state index contributed by atoms with van der Waals surface area (Å²) in [6, 6.07) is 7.90. The molecule has 1 fully saturated rings. The van der Waals surface area contributed by atoms with Crippen LogP contribution in [0.2, 0.25) is 0 Å². The average molecular weight is 517 g/mol. The third kappa shape index (κ3) is 3.48. The van der Waals surface area contributed by atoms with Crippen molar-refractivity contribution in [2.24, 2.45) is 4.99 Å². The Bertz CT molecular complexity index is 849. The van der Waals surface area contributed by atoms with E-state index in [0.717, 1.165) is 25.1 Å². The number of amidine groups is 1. The second kappa shape index (κ2) is 7.05. The molecule has 1 aromatic carbocycles. The number of amides is 1. The summed E-state index contributed by atoms with van der Waals surface area (Å²) < 4.78 is 7.23. The van der Waals surface area contributed by atoms with Gasteiger partial charge >= 0.3 is 0 Å². The predicted octanol–water partition coefficient (Wildman–Crippen LogP) is 5.50. The van der Waals surface area contributed by atoms with Gasteiger partial charge in [0.2, 0.25) is 0 Å². The van der Waals surface area contributed by atoms with E-state index in [0.29, 0.717) is 15.8 Å². The van der Waals surface area contributed by atoms with Gasteiger partial charge in [0.15, 0.2) is 8.93 Å². The van der Waals surface area contributed by atoms with E-state index in [1.54, 1.807) is 18.0 Å². The minimum Gasteiger partial charge on any atom is -0.450 e. The first-order valence-corrected chi connectivity index (χ1v) is 9.83. The molecule has 1 aliphatic rings. The largest absolute Gasteiger partial charge is 0.450 e. The fraction of sp³-hybridized carbons (Fsp3) is 0.176. The summed E-state index contributed by atoms with van der Waals surface area (Å²) in [7, 11) is 1.74. The van der Waals surface area contributed by atoms with Gasteiger partial charge in [-0.2, -0.15) is 0 Å². The number of rotatable bonds is 2. The van der Waals surface area contributed by atoms with Crippen molar-refractivity contribution in [2.45, 2.75) is 13.8 Å². The number of para-hydroxylation sites is 1. The Balaban J connectivity index is 1.96. The number of halogens is 2. The first kappa shape index (κ1) is 17.8. The first-order valence-electron chi connectivity index (χ1n) is 7.14. The third-order valence-corrected chi connectivity index (χ3v) is 6.78. The van der Waals surface area contributed by atoms with Crippen molar-refractivity contribution in [3.8, 4) is 0 Å². The van der Waals surface area contributed by atoms with Crippen LogP contribution in [-0.2, 0) is 4.79 Å². The van der Waals surface area contributed by atoms with E-state index in [4.69, 9.17) is 9.41 Å². The van der Waals surface area contributed by atoms with Crippen molar-refractivity contribution in [2.75, 3.05) is 7.05 Å². The van der Waals surface area contributed by atoms with E-state index in [9.17, 15) is 4.79 Å². The molecule has 3 rings (SSSR count). The number of thioether (sulfide) groups is 1. The van der Waals surface area contributed by atoms with Gasteiger partial charge < -0.3 is 4.42 Å². The molecule has 0 radical (unpaired) electrons. The summed E-state index contributed by atoms with van der Waals surface area (Å²) in [6.45, 7) is 4.04. The zero-order valence-corrected chi connectivity index (χ0v) is 17.8. The van der Waals surface area contributed by atoms with Crippen LogP contribution >= 0.6 is 50.3 Å². The van der Waals surface area contributed by atoms with E-state index in [1.807, 2.05) is 38.1 Å². The van der Waals surface area contributed by atoms with Crippen LogP contribution < -0.4 is 0 Å². The molecule has 0 atom stereocenters. The van der Waals surface area contributed by atoms with Gasteiger partial charge in [-0.25, -0.2) is 4.99 Å². The topological polar surface area (TPSA) is 45.8 Å². The molecule has 0 unspecified atom stereocenters. The van der Waals surface area contributed by atoms with Crippen molar-refractivity contribution in [1.29, 1.82) is 0 Å². The molecule has 1 amide bonds. The number of furan rings is 1. The van der Waals surface area contributed by atoms with Crippen LogP contribution in [0.1, 0.15) is 16.9 Å². The number of benzene rings is 1. The second-order valence-corrected chi connectivity index (χ2v) is 8.22. The molecule has 1 aromatic heterocycles. The summed E-state index contributed by atoms with van der Waals surface area (Å²) in [4.78, 5) is 19.4. The fourth-order valence-corrected chi connectivity index (χ4v) is 3.96. The number of aryl methyl sites for hydroxylation is 2. The second-order valence-electron chi connectivity index (χ2n) is 5.38. The maximum atomic E-state index is 12.5. The first-order chi connectivity index (χ1) is 11.4. The monoisotopic (exact) mass is 516 g/mol. The van der Waals surface area contributed by atoms with Crippen LogP contribution in [0.4, 0.5) is 5.69 Å². The Kier molecular flexibility index (Phi) is 5.22. The SMILES string of the molecule is Cc1cccc(C)c1N=C1S/C(=C\c2cc(Br)c(I)o2)C(=O)N1C. The number of nitrogens with zero attached hydrogens (tertiary/aromatic N) is 2. The van der Waals surface area contributed by atoms with E-state index < -0.39 is 0 Å². The third-order valence-electron chi connectivity index (χ3n) is 3.59. The van der Waals surface area contributed by atoms with Crippen LogP contribution in [0.3, 0.4) is 0 Å². The van der Waals surface area contributed by atoms with Crippen LogP contribution in [0.25, 0.3) is 6.08 Å². The minimum absolute atomic E-state index is 0.0764. The van der Waals surface area contributed by atoms with Gasteiger partial charge in [-0.05, 0) is 58.7 Å². The summed E-state index contributed by atoms with van der Waals surface area (Å²) >= 11 is 6.87. The van der Waals surface area contributed by atoms with Gasteiger partial charge in [0.25, 0.3) is 5.91 Å². The Labute approximate surface area is 166 Å². The van der Waals surface area contributed by atoms with Crippen molar-refractivity contribution in [3.63, 3.8) is 0 Å². The molecule has 2 aromatic rings. The highest BCUT2D eigenvalue weighted by Gasteiger charge is 2.31. The normalized spacial score (nSPS) is 18.2. The molecular formula is C17H14BrIN2O2S. The van der Waals surface area contributed by atoms with Crippen molar-refractivity contribution >= 4 is 73.1 Å². The van der Waals surface area contributed by atoms with E-state index in [1.165, 1.54) is 11.8 Å². The number of hydrogen-bond donors (Lipinski definition) is 0. The Hall–Kier alpha value is -1.06. The molecule has 0 spiro atoms. The van der Waals surface area contributed by atoms with Gasteiger partial charge in [0, 0.05) is 35.7 Å². The number of hydrogen-bond acceptors (Lipinski definition) is 4. The Morgan fingerprint density at radius 1 is 1.33 bits per heavy atom. The molecule has 0 N–H and O–H groups in total. The lowest BCUT2D eigenvalue weighted by atomic mass is 10.1. The molecule has 7 heteroatoms. The zero-order valence-electron chi connectivity index (χ0n) is 13.3. The number of carbonyl (C=O) groups excluding carboxylic acids is 1. The lowest BCUT2D eigenvalue weighted by Crippen LogP contribution is -2.23. The smallest absolute Gasteiger partial charge is 0.266 e. The Morgan fingerprint density at radius 2 is 2.00 bits per heavy atom. The average Bonchev–Trinajstić information content (AvgIpc) is 2.97. The summed E-state index contributed by atoms with van der Waals surface area (Å²) in [5.41, 5.74) is 3.09. The van der Waals surface area contributed by atoms with Crippen molar-refractivity contribution in [1.82, 2.24) is 4.90 Å². The van der Waals surface area contributed by atoms with Gasteiger partial charge in [0.05, 0.1) is 15.1 Å². The number of carbonyl (C=O) groups is 1. The van der Waals surface area contributed by atoms with Gasteiger partial charge in [0.1, 0.15) is 5.76 Å². The standard InChI is InChI=1S/C17H14BrIN2O2S/c1-9-5-4-6-10(2)14(9)20-17-21(3)16(22)13(24-17)8-11-7-12(18)15(19)23-11/h4-8H,1-3H3/b13-8-,20-17?. The summed E-state index contributed by atoms with van der Waals surface area (Å²) in [6.07, 6.45) is 1.75. The molecule has 1 aliphatic heterocycles. The maximum absolute atomic E-state index is 12.5. The number of aliphatic imine (C=N–C) groups is 1. The molecule has 0 saturated carbocycles. The summed E-state index contributed by atoms with van der Waals surface area (Å²) in [5, 5.41) is 0.670. The molecule has 0 aliphatic carbocycles. The highest BCUT2D eigenvalue weighted by molar-refractivity contribution is 14.1. The minimum atomic E-state index is -0.0764. The number of likely N-dealkylation sites (N-methyl/N-ethyl adjacent to an activating group) is 1. The van der Waals surface area contributed by atoms with Gasteiger partial charge in [-0.15, -0.1) is 0 Å². The van der Waals surface area contributed by atoms with Crippen LogP contribution in [0.15, 0.2) is 43.1 Å². The van der Waals surface area contributed by atoms with Gasteiger partial charge in [-0.1, -0.05) is 18.2 Å². The van der Waals surface area contributed by atoms with Crippen molar-refractivity contribution < 1.29 is 9.21 Å². The lowest BCUT2D eigenvalue weighted by molar-refractivity contribution is -0.121. The molecule has 2 heterocycles. The predicted molar refractivity (Wildman–Crippen MR) is 110 cm³/mol. The molecular weight excluding hydrogens is 503 g/mol. The fourth-order valence-electron chi connectivity index (χ4n) is 2.29. The van der Waals surface area contributed by atoms with E-state index >= 15 is 0 Å². The van der Waals surface area contributed by atoms with E-state index in [-0.39, 0.29) is 5.91 Å². The summed E-state index contributed by atoms with van der Waals surface area (Å²) in [5.74, 6) is 0.566. The van der Waals surface area contributed by atoms with E-state index in [2.05, 4.69) is 38.5 Å². The quantitative estimate of drug-likeness (QED) is 0.391. The highest BCUT2D eigenvalue weighted by atomic mass is 127. The van der Waals surface area contributed by atoms with Crippen LogP contribution in [0, 0.1) is 17.6 Å². The molecule has 24 heavy (non-hydrogen) atoms. The lowest BCUT2D eigenvalue weighted by Gasteiger charge is -2.09. The molecule has 0 bridgehead atoms. The van der Waals surface area contributed by atoms with Crippen molar-refractivity contribution in [3.05, 3.63) is 54.3 Å².